The first-order valence-electron chi connectivity index (χ1n) is 10.2. The summed E-state index contributed by atoms with van der Waals surface area (Å²) in [6, 6.07) is 8.05. The van der Waals surface area contributed by atoms with Crippen LogP contribution in [0.4, 0.5) is 0 Å². The number of amides is 3. The molecule has 0 radical (unpaired) electrons. The molecular weight excluding hydrogens is 358 g/mol. The van der Waals surface area contributed by atoms with E-state index in [4.69, 9.17) is 4.74 Å². The number of hydrogen-bond donors (Lipinski definition) is 1. The number of hydrogen-bond acceptors (Lipinski definition) is 4. The van der Waals surface area contributed by atoms with E-state index in [1.807, 2.05) is 12.1 Å². The molecule has 1 aromatic carbocycles. The molecule has 148 valence electrons. The molecule has 7 heteroatoms. The molecule has 2 bridgehead atoms. The second kappa shape index (κ2) is 6.58. The van der Waals surface area contributed by atoms with Gasteiger partial charge in [0, 0.05) is 38.1 Å². The van der Waals surface area contributed by atoms with Gasteiger partial charge in [-0.05, 0) is 36.8 Å². The first kappa shape index (κ1) is 17.7. The average Bonchev–Trinajstić information content (AvgIpc) is 3.22. The number of rotatable bonds is 0. The first-order chi connectivity index (χ1) is 13.6. The number of nitrogens with zero attached hydrogens (tertiary/aromatic N) is 2. The Bertz CT molecular complexity index is 831. The van der Waals surface area contributed by atoms with Crippen molar-refractivity contribution in [1.29, 1.82) is 0 Å². The maximum atomic E-state index is 13.0. The fourth-order valence-electron chi connectivity index (χ4n) is 5.33. The van der Waals surface area contributed by atoms with Crippen molar-refractivity contribution in [2.75, 3.05) is 19.6 Å². The minimum absolute atomic E-state index is 0.0330. The van der Waals surface area contributed by atoms with Gasteiger partial charge in [0.25, 0.3) is 0 Å². The van der Waals surface area contributed by atoms with Crippen molar-refractivity contribution in [3.63, 3.8) is 0 Å². The predicted octanol–water partition coefficient (Wildman–Crippen LogP) is 0.914. The van der Waals surface area contributed by atoms with Crippen LogP contribution in [0.2, 0.25) is 0 Å². The maximum Gasteiger partial charge on any atom is 0.312 e. The van der Waals surface area contributed by atoms with Gasteiger partial charge in [-0.2, -0.15) is 0 Å². The Balaban J connectivity index is 1.28. The number of fused-ring (bicyclic) bond motifs is 4. The normalized spacial score (nSPS) is 28.1. The SMILES string of the molecule is O=C1CC2CCC(CN1)N2C(=O)C(=O)N1CCC2(CC1)OCc1ccccc12. The third-order valence-electron chi connectivity index (χ3n) is 6.86. The zero-order chi connectivity index (χ0) is 19.3. The van der Waals surface area contributed by atoms with Gasteiger partial charge in [-0.25, -0.2) is 0 Å². The fourth-order valence-corrected chi connectivity index (χ4v) is 5.33. The fraction of sp³-hybridized carbons (Fsp3) is 0.571. The number of carbonyl (C=O) groups is 3. The molecule has 1 N–H and O–H groups in total. The topological polar surface area (TPSA) is 79.0 Å². The maximum absolute atomic E-state index is 13.0. The van der Waals surface area contributed by atoms with E-state index in [9.17, 15) is 14.4 Å². The summed E-state index contributed by atoms with van der Waals surface area (Å²) in [5, 5.41) is 2.85. The summed E-state index contributed by atoms with van der Waals surface area (Å²) in [6.07, 6.45) is 3.34. The summed E-state index contributed by atoms with van der Waals surface area (Å²) >= 11 is 0. The molecule has 1 spiro atoms. The van der Waals surface area contributed by atoms with E-state index >= 15 is 0 Å². The molecule has 4 heterocycles. The van der Waals surface area contributed by atoms with Gasteiger partial charge in [0.2, 0.25) is 5.91 Å². The minimum Gasteiger partial charge on any atom is -0.365 e. The van der Waals surface area contributed by atoms with Gasteiger partial charge in [-0.1, -0.05) is 24.3 Å². The molecule has 4 aliphatic rings. The van der Waals surface area contributed by atoms with Crippen LogP contribution in [0.1, 0.15) is 43.2 Å². The van der Waals surface area contributed by atoms with Crippen LogP contribution in [-0.2, 0) is 31.3 Å². The highest BCUT2D eigenvalue weighted by molar-refractivity contribution is 6.35. The lowest BCUT2D eigenvalue weighted by Crippen LogP contribution is -2.53. The molecule has 2 unspecified atom stereocenters. The van der Waals surface area contributed by atoms with Gasteiger partial charge < -0.3 is 19.9 Å². The molecule has 28 heavy (non-hydrogen) atoms. The molecule has 5 rings (SSSR count). The second-order valence-corrected chi connectivity index (χ2v) is 8.34. The molecule has 4 aliphatic heterocycles. The molecule has 3 amide bonds. The van der Waals surface area contributed by atoms with E-state index in [1.54, 1.807) is 9.80 Å². The Morgan fingerprint density at radius 2 is 1.82 bits per heavy atom. The number of benzene rings is 1. The molecule has 3 fully saturated rings. The van der Waals surface area contributed by atoms with E-state index in [2.05, 4.69) is 17.4 Å². The van der Waals surface area contributed by atoms with Crippen LogP contribution in [0.5, 0.6) is 0 Å². The smallest absolute Gasteiger partial charge is 0.312 e. The van der Waals surface area contributed by atoms with Crippen LogP contribution >= 0.6 is 0 Å². The summed E-state index contributed by atoms with van der Waals surface area (Å²) in [4.78, 5) is 41.1. The predicted molar refractivity (Wildman–Crippen MR) is 100 cm³/mol. The number of piperidine rings is 1. The molecule has 7 nitrogen and oxygen atoms in total. The van der Waals surface area contributed by atoms with E-state index in [-0.39, 0.29) is 23.6 Å². The van der Waals surface area contributed by atoms with Crippen molar-refractivity contribution in [1.82, 2.24) is 15.1 Å². The first-order valence-corrected chi connectivity index (χ1v) is 10.2. The zero-order valence-corrected chi connectivity index (χ0v) is 15.9. The Morgan fingerprint density at radius 3 is 2.64 bits per heavy atom. The number of likely N-dealkylation sites (tertiary alicyclic amines) is 1. The zero-order valence-electron chi connectivity index (χ0n) is 15.9. The Kier molecular flexibility index (Phi) is 4.16. The molecule has 0 saturated carbocycles. The molecule has 2 atom stereocenters. The minimum atomic E-state index is -0.451. The molecular formula is C21H25N3O4. The van der Waals surface area contributed by atoms with Crippen LogP contribution in [0.15, 0.2) is 24.3 Å². The number of carbonyl (C=O) groups excluding carboxylic acids is 3. The number of nitrogens with one attached hydrogen (secondary N) is 1. The molecule has 1 aromatic rings. The summed E-state index contributed by atoms with van der Waals surface area (Å²) in [7, 11) is 0. The van der Waals surface area contributed by atoms with Gasteiger partial charge in [0.1, 0.15) is 0 Å². The Morgan fingerprint density at radius 1 is 1.07 bits per heavy atom. The highest BCUT2D eigenvalue weighted by Crippen LogP contribution is 2.44. The standard InChI is InChI=1S/C21H25N3O4/c25-18-11-15-5-6-16(12-22-18)24(15)20(27)19(26)23-9-7-21(8-10-23)17-4-2-1-3-14(17)13-28-21/h1-4,15-16H,5-13H2,(H,22,25). The highest BCUT2D eigenvalue weighted by atomic mass is 16.5. The summed E-state index contributed by atoms with van der Waals surface area (Å²) in [5.74, 6) is -0.922. The van der Waals surface area contributed by atoms with Crippen molar-refractivity contribution in [2.24, 2.45) is 0 Å². The van der Waals surface area contributed by atoms with Crippen LogP contribution < -0.4 is 5.32 Å². The largest absolute Gasteiger partial charge is 0.365 e. The van der Waals surface area contributed by atoms with Crippen molar-refractivity contribution in [3.05, 3.63) is 35.4 Å². The van der Waals surface area contributed by atoms with E-state index < -0.39 is 11.8 Å². The van der Waals surface area contributed by atoms with Gasteiger partial charge in [-0.15, -0.1) is 0 Å². The Hall–Kier alpha value is -2.41. The van der Waals surface area contributed by atoms with Gasteiger partial charge in [0.15, 0.2) is 0 Å². The quantitative estimate of drug-likeness (QED) is 0.676. The average molecular weight is 383 g/mol. The molecule has 3 saturated heterocycles. The van der Waals surface area contributed by atoms with Crippen LogP contribution in [0.25, 0.3) is 0 Å². The third kappa shape index (κ3) is 2.71. The van der Waals surface area contributed by atoms with Crippen molar-refractivity contribution >= 4 is 17.7 Å². The van der Waals surface area contributed by atoms with E-state index in [0.717, 1.165) is 12.8 Å². The second-order valence-electron chi connectivity index (χ2n) is 8.34. The van der Waals surface area contributed by atoms with Crippen molar-refractivity contribution in [2.45, 2.75) is 56.4 Å². The van der Waals surface area contributed by atoms with E-state index in [1.165, 1.54) is 11.1 Å². The van der Waals surface area contributed by atoms with Crippen LogP contribution in [0.3, 0.4) is 0 Å². The third-order valence-corrected chi connectivity index (χ3v) is 6.86. The lowest BCUT2D eigenvalue weighted by molar-refractivity contribution is -0.157. The van der Waals surface area contributed by atoms with Crippen molar-refractivity contribution < 1.29 is 19.1 Å². The van der Waals surface area contributed by atoms with Crippen LogP contribution in [0, 0.1) is 0 Å². The lowest BCUT2D eigenvalue weighted by Gasteiger charge is -2.39. The van der Waals surface area contributed by atoms with Crippen LogP contribution in [-0.4, -0.2) is 59.2 Å². The molecule has 0 aromatic heterocycles. The van der Waals surface area contributed by atoms with E-state index in [0.29, 0.717) is 45.5 Å². The number of ether oxygens (including phenoxy) is 1. The van der Waals surface area contributed by atoms with Gasteiger partial charge >= 0.3 is 11.8 Å². The van der Waals surface area contributed by atoms with Gasteiger partial charge in [0.05, 0.1) is 12.2 Å². The molecule has 0 aliphatic carbocycles. The summed E-state index contributed by atoms with van der Waals surface area (Å²) in [5.41, 5.74) is 2.12. The summed E-state index contributed by atoms with van der Waals surface area (Å²) < 4.78 is 6.15. The Labute approximate surface area is 164 Å². The van der Waals surface area contributed by atoms with Gasteiger partial charge in [-0.3, -0.25) is 14.4 Å². The van der Waals surface area contributed by atoms with Crippen molar-refractivity contribution in [3.8, 4) is 0 Å². The summed E-state index contributed by atoms with van der Waals surface area (Å²) in [6.45, 7) is 2.09. The highest BCUT2D eigenvalue weighted by Gasteiger charge is 2.46. The monoisotopic (exact) mass is 383 g/mol. The lowest BCUT2D eigenvalue weighted by atomic mass is 9.84.